The van der Waals surface area contributed by atoms with Crippen molar-refractivity contribution in [3.05, 3.63) is 68.7 Å². The summed E-state index contributed by atoms with van der Waals surface area (Å²) in [6, 6.07) is 6.86. The van der Waals surface area contributed by atoms with E-state index in [0.29, 0.717) is 22.0 Å². The third-order valence-electron chi connectivity index (χ3n) is 3.12. The lowest BCUT2D eigenvalue weighted by Crippen LogP contribution is -2.15. The summed E-state index contributed by atoms with van der Waals surface area (Å²) < 4.78 is 27.0. The Balaban J connectivity index is 2.25. The lowest BCUT2D eigenvalue weighted by Gasteiger charge is -2.14. The molecular weight excluding hydrogens is 303 g/mol. The van der Waals surface area contributed by atoms with E-state index in [1.807, 2.05) is 0 Å². The van der Waals surface area contributed by atoms with Crippen molar-refractivity contribution < 1.29 is 8.78 Å². The van der Waals surface area contributed by atoms with Crippen molar-refractivity contribution in [3.63, 3.8) is 0 Å². The Morgan fingerprint density at radius 1 is 1.05 bits per heavy atom. The molecule has 1 atom stereocenters. The summed E-state index contributed by atoms with van der Waals surface area (Å²) in [5.41, 5.74) is 7.49. The summed E-state index contributed by atoms with van der Waals surface area (Å²) in [7, 11) is 0. The van der Waals surface area contributed by atoms with Gasteiger partial charge >= 0.3 is 0 Å². The minimum Gasteiger partial charge on any atom is -0.324 e. The Kier molecular flexibility index (Phi) is 4.63. The molecule has 1 unspecified atom stereocenters. The molecule has 2 N–H and O–H groups in total. The van der Waals surface area contributed by atoms with E-state index in [1.165, 1.54) is 6.07 Å². The zero-order valence-electron chi connectivity index (χ0n) is 10.8. The van der Waals surface area contributed by atoms with Gasteiger partial charge in [-0.15, -0.1) is 0 Å². The molecule has 0 aliphatic carbocycles. The summed E-state index contributed by atoms with van der Waals surface area (Å²) >= 11 is 11.8. The SMILES string of the molecule is Cc1cc(C(N)Cc2ccc(Cl)c(Cl)c2)c(F)cc1F. The van der Waals surface area contributed by atoms with Crippen molar-refractivity contribution in [2.75, 3.05) is 0 Å². The van der Waals surface area contributed by atoms with Gasteiger partial charge in [-0.1, -0.05) is 29.3 Å². The fraction of sp³-hybridized carbons (Fsp3) is 0.200. The molecule has 0 bridgehead atoms. The first-order valence-corrected chi connectivity index (χ1v) is 6.79. The molecule has 2 aromatic carbocycles. The van der Waals surface area contributed by atoms with E-state index in [1.54, 1.807) is 25.1 Å². The monoisotopic (exact) mass is 315 g/mol. The first kappa shape index (κ1) is 15.2. The van der Waals surface area contributed by atoms with Gasteiger partial charge in [0.15, 0.2) is 0 Å². The molecule has 0 amide bonds. The van der Waals surface area contributed by atoms with E-state index in [2.05, 4.69) is 0 Å². The molecule has 0 saturated heterocycles. The molecule has 0 aliphatic rings. The predicted octanol–water partition coefficient (Wildman–Crippen LogP) is 4.82. The largest absolute Gasteiger partial charge is 0.324 e. The molecule has 1 nitrogen and oxygen atoms in total. The Labute approximate surface area is 126 Å². The lowest BCUT2D eigenvalue weighted by atomic mass is 9.97. The normalized spacial score (nSPS) is 12.5. The van der Waals surface area contributed by atoms with E-state index >= 15 is 0 Å². The van der Waals surface area contributed by atoms with E-state index in [4.69, 9.17) is 28.9 Å². The highest BCUT2D eigenvalue weighted by molar-refractivity contribution is 6.42. The highest BCUT2D eigenvalue weighted by atomic mass is 35.5. The van der Waals surface area contributed by atoms with E-state index < -0.39 is 17.7 Å². The number of hydrogen-bond donors (Lipinski definition) is 1. The fourth-order valence-electron chi connectivity index (χ4n) is 1.99. The van der Waals surface area contributed by atoms with Crippen LogP contribution in [0.15, 0.2) is 30.3 Å². The van der Waals surface area contributed by atoms with Crippen molar-refractivity contribution in [2.45, 2.75) is 19.4 Å². The number of halogens is 4. The number of benzene rings is 2. The zero-order chi connectivity index (χ0) is 14.9. The molecule has 0 radical (unpaired) electrons. The third-order valence-corrected chi connectivity index (χ3v) is 3.86. The van der Waals surface area contributed by atoms with Crippen LogP contribution in [-0.4, -0.2) is 0 Å². The molecule has 5 heteroatoms. The maximum Gasteiger partial charge on any atom is 0.130 e. The average Bonchev–Trinajstić information content (AvgIpc) is 2.38. The van der Waals surface area contributed by atoms with Gasteiger partial charge in [-0.3, -0.25) is 0 Å². The van der Waals surface area contributed by atoms with Crippen LogP contribution in [-0.2, 0) is 6.42 Å². The molecule has 0 aliphatic heterocycles. The summed E-state index contributed by atoms with van der Waals surface area (Å²) in [5, 5.41) is 0.875. The van der Waals surface area contributed by atoms with Crippen LogP contribution in [0.3, 0.4) is 0 Å². The van der Waals surface area contributed by atoms with Gasteiger partial charge in [0.05, 0.1) is 10.0 Å². The fourth-order valence-corrected chi connectivity index (χ4v) is 2.31. The van der Waals surface area contributed by atoms with Gasteiger partial charge in [0.2, 0.25) is 0 Å². The molecule has 2 aromatic rings. The Morgan fingerprint density at radius 2 is 1.75 bits per heavy atom. The van der Waals surface area contributed by atoms with E-state index in [9.17, 15) is 8.78 Å². The molecule has 0 spiro atoms. The maximum absolute atomic E-state index is 13.8. The summed E-state index contributed by atoms with van der Waals surface area (Å²) in [5.74, 6) is -1.21. The van der Waals surface area contributed by atoms with Crippen LogP contribution < -0.4 is 5.73 Å². The average molecular weight is 316 g/mol. The van der Waals surface area contributed by atoms with E-state index in [0.717, 1.165) is 11.6 Å². The Morgan fingerprint density at radius 3 is 2.40 bits per heavy atom. The van der Waals surface area contributed by atoms with Crippen LogP contribution in [0.2, 0.25) is 10.0 Å². The van der Waals surface area contributed by atoms with Crippen LogP contribution in [0.1, 0.15) is 22.7 Å². The van der Waals surface area contributed by atoms with Crippen LogP contribution in [0.4, 0.5) is 8.78 Å². The zero-order valence-corrected chi connectivity index (χ0v) is 12.3. The molecule has 0 aromatic heterocycles. The minimum absolute atomic E-state index is 0.287. The minimum atomic E-state index is -0.638. The summed E-state index contributed by atoms with van der Waals surface area (Å²) in [6.07, 6.45) is 0.388. The number of hydrogen-bond acceptors (Lipinski definition) is 1. The number of nitrogens with two attached hydrogens (primary N) is 1. The van der Waals surface area contributed by atoms with Gasteiger partial charge in [0.1, 0.15) is 11.6 Å². The van der Waals surface area contributed by atoms with Crippen molar-refractivity contribution in [1.29, 1.82) is 0 Å². The van der Waals surface area contributed by atoms with Crippen LogP contribution >= 0.6 is 23.2 Å². The quantitative estimate of drug-likeness (QED) is 0.863. The Bertz CT molecular complexity index is 644. The topological polar surface area (TPSA) is 26.0 Å². The number of aryl methyl sites for hydroxylation is 1. The molecule has 0 fully saturated rings. The summed E-state index contributed by atoms with van der Waals surface area (Å²) in [6.45, 7) is 1.57. The molecule has 0 saturated carbocycles. The first-order valence-electron chi connectivity index (χ1n) is 6.03. The van der Waals surface area contributed by atoms with Crippen molar-refractivity contribution in [3.8, 4) is 0 Å². The number of rotatable bonds is 3. The second-order valence-corrected chi connectivity index (χ2v) is 5.50. The Hall–Kier alpha value is -1.16. The van der Waals surface area contributed by atoms with Crippen LogP contribution in [0, 0.1) is 18.6 Å². The molecule has 106 valence electrons. The second kappa shape index (κ2) is 6.08. The van der Waals surface area contributed by atoms with E-state index in [-0.39, 0.29) is 5.56 Å². The molecule has 2 rings (SSSR count). The van der Waals surface area contributed by atoms with Crippen LogP contribution in [0.25, 0.3) is 0 Å². The van der Waals surface area contributed by atoms with Gasteiger partial charge in [0, 0.05) is 17.7 Å². The van der Waals surface area contributed by atoms with Gasteiger partial charge < -0.3 is 5.73 Å². The third kappa shape index (κ3) is 3.29. The van der Waals surface area contributed by atoms with Gasteiger partial charge in [-0.05, 0) is 42.7 Å². The maximum atomic E-state index is 13.8. The van der Waals surface area contributed by atoms with Crippen molar-refractivity contribution >= 4 is 23.2 Å². The van der Waals surface area contributed by atoms with Gasteiger partial charge in [0.25, 0.3) is 0 Å². The van der Waals surface area contributed by atoms with Crippen LogP contribution in [0.5, 0.6) is 0 Å². The van der Waals surface area contributed by atoms with Crippen molar-refractivity contribution in [2.24, 2.45) is 5.73 Å². The second-order valence-electron chi connectivity index (χ2n) is 4.68. The van der Waals surface area contributed by atoms with Gasteiger partial charge in [-0.2, -0.15) is 0 Å². The molecule has 0 heterocycles. The standard InChI is InChI=1S/C15H13Cl2F2N/c1-8-4-10(14(19)7-13(8)18)15(20)6-9-2-3-11(16)12(17)5-9/h2-5,7,15H,6,20H2,1H3. The highest BCUT2D eigenvalue weighted by Crippen LogP contribution is 2.26. The smallest absolute Gasteiger partial charge is 0.130 e. The molecule has 20 heavy (non-hydrogen) atoms. The first-order chi connectivity index (χ1) is 9.38. The van der Waals surface area contributed by atoms with Gasteiger partial charge in [-0.25, -0.2) is 8.78 Å². The summed E-state index contributed by atoms with van der Waals surface area (Å²) in [4.78, 5) is 0. The molecular formula is C15H13Cl2F2N. The highest BCUT2D eigenvalue weighted by Gasteiger charge is 2.15. The lowest BCUT2D eigenvalue weighted by molar-refractivity contribution is 0.550. The van der Waals surface area contributed by atoms with Crippen molar-refractivity contribution in [1.82, 2.24) is 0 Å². The predicted molar refractivity (Wildman–Crippen MR) is 78.2 cm³/mol.